The number of nitrogens with zero attached hydrogens (tertiary/aromatic N) is 2. The topological polar surface area (TPSA) is 42.4 Å². The van der Waals surface area contributed by atoms with Crippen LogP contribution in [0.3, 0.4) is 0 Å². The summed E-state index contributed by atoms with van der Waals surface area (Å²) in [4.78, 5) is 19.3. The van der Waals surface area contributed by atoms with E-state index < -0.39 is 0 Å². The number of rotatable bonds is 9. The van der Waals surface area contributed by atoms with Crippen LogP contribution in [-0.2, 0) is 24.4 Å². The summed E-state index contributed by atoms with van der Waals surface area (Å²) < 4.78 is 5.88. The van der Waals surface area contributed by atoms with Gasteiger partial charge in [0.05, 0.1) is 18.7 Å². The van der Waals surface area contributed by atoms with Crippen molar-refractivity contribution >= 4 is 17.2 Å². The van der Waals surface area contributed by atoms with Gasteiger partial charge >= 0.3 is 0 Å². The Labute approximate surface area is 170 Å². The first-order valence-corrected chi connectivity index (χ1v) is 10.5. The van der Waals surface area contributed by atoms with E-state index in [0.717, 1.165) is 40.5 Å². The lowest BCUT2D eigenvalue weighted by atomic mass is 10.1. The lowest BCUT2D eigenvalue weighted by Gasteiger charge is -2.21. The highest BCUT2D eigenvalue weighted by molar-refractivity contribution is 7.09. The van der Waals surface area contributed by atoms with Crippen LogP contribution in [0.15, 0.2) is 60.0 Å². The number of benzene rings is 2. The molecule has 0 bridgehead atoms. The number of thiazole rings is 1. The normalized spacial score (nSPS) is 10.6. The quantitative estimate of drug-likeness (QED) is 0.512. The number of amides is 1. The summed E-state index contributed by atoms with van der Waals surface area (Å²) in [5, 5.41) is 2.94. The standard InChI is InChI=1S/C23H26N2O2S/c1-3-13-25(23(26)14-19-10-5-4-6-11-19)15-20-17-28-22(24-20)16-27-21-12-8-7-9-18(21)2/h4-12,17H,3,13-16H2,1-2H3. The molecule has 1 aromatic heterocycles. The van der Waals surface area contributed by atoms with Crippen molar-refractivity contribution in [1.82, 2.24) is 9.88 Å². The van der Waals surface area contributed by atoms with Gasteiger partial charge < -0.3 is 9.64 Å². The van der Waals surface area contributed by atoms with Gasteiger partial charge in [-0.15, -0.1) is 11.3 Å². The summed E-state index contributed by atoms with van der Waals surface area (Å²) in [5.74, 6) is 1.02. The third-order valence-corrected chi connectivity index (χ3v) is 5.31. The third kappa shape index (κ3) is 5.67. The average Bonchev–Trinajstić information content (AvgIpc) is 3.15. The first-order chi connectivity index (χ1) is 13.7. The molecule has 0 aliphatic heterocycles. The number of carbonyl (C=O) groups excluding carboxylic acids is 1. The predicted octanol–water partition coefficient (Wildman–Crippen LogP) is 5.01. The maximum atomic E-state index is 12.7. The summed E-state index contributed by atoms with van der Waals surface area (Å²) in [6.07, 6.45) is 1.35. The van der Waals surface area contributed by atoms with Gasteiger partial charge in [-0.2, -0.15) is 0 Å². The highest BCUT2D eigenvalue weighted by Crippen LogP contribution is 2.20. The van der Waals surface area contributed by atoms with Crippen molar-refractivity contribution in [3.8, 4) is 5.75 Å². The van der Waals surface area contributed by atoms with Crippen LogP contribution in [0.2, 0.25) is 0 Å². The molecule has 0 saturated heterocycles. The molecule has 4 nitrogen and oxygen atoms in total. The maximum absolute atomic E-state index is 12.7. The van der Waals surface area contributed by atoms with E-state index in [9.17, 15) is 4.79 Å². The molecule has 28 heavy (non-hydrogen) atoms. The van der Waals surface area contributed by atoms with E-state index >= 15 is 0 Å². The molecule has 0 radical (unpaired) electrons. The Morgan fingerprint density at radius 2 is 1.86 bits per heavy atom. The highest BCUT2D eigenvalue weighted by atomic mass is 32.1. The fourth-order valence-corrected chi connectivity index (χ4v) is 3.68. The molecule has 0 unspecified atom stereocenters. The van der Waals surface area contributed by atoms with Gasteiger partial charge in [0.1, 0.15) is 17.4 Å². The van der Waals surface area contributed by atoms with Gasteiger partial charge in [0.25, 0.3) is 0 Å². The largest absolute Gasteiger partial charge is 0.486 e. The van der Waals surface area contributed by atoms with Crippen LogP contribution >= 0.6 is 11.3 Å². The average molecular weight is 395 g/mol. The lowest BCUT2D eigenvalue weighted by Crippen LogP contribution is -2.32. The number of ether oxygens (including phenoxy) is 1. The van der Waals surface area contributed by atoms with Crippen molar-refractivity contribution in [2.24, 2.45) is 0 Å². The summed E-state index contributed by atoms with van der Waals surface area (Å²) in [7, 11) is 0. The van der Waals surface area contributed by atoms with Gasteiger partial charge in [-0.3, -0.25) is 4.79 Å². The molecule has 2 aromatic carbocycles. The summed E-state index contributed by atoms with van der Waals surface area (Å²) in [6.45, 7) is 5.84. The molecule has 3 aromatic rings. The predicted molar refractivity (Wildman–Crippen MR) is 113 cm³/mol. The molecule has 146 valence electrons. The Morgan fingerprint density at radius 1 is 1.11 bits per heavy atom. The second kappa shape index (κ2) is 10.0. The second-order valence-electron chi connectivity index (χ2n) is 6.76. The van der Waals surface area contributed by atoms with Crippen LogP contribution in [-0.4, -0.2) is 22.3 Å². The monoisotopic (exact) mass is 394 g/mol. The van der Waals surface area contributed by atoms with E-state index in [0.29, 0.717) is 19.6 Å². The van der Waals surface area contributed by atoms with E-state index in [1.165, 1.54) is 0 Å². The zero-order valence-electron chi connectivity index (χ0n) is 16.4. The minimum atomic E-state index is 0.138. The van der Waals surface area contributed by atoms with Crippen molar-refractivity contribution in [2.75, 3.05) is 6.54 Å². The zero-order chi connectivity index (χ0) is 19.8. The van der Waals surface area contributed by atoms with Crippen LogP contribution < -0.4 is 4.74 Å². The van der Waals surface area contributed by atoms with Crippen LogP contribution in [0.5, 0.6) is 5.75 Å². The van der Waals surface area contributed by atoms with Gasteiger partial charge in [0.2, 0.25) is 5.91 Å². The van der Waals surface area contributed by atoms with Gasteiger partial charge in [0.15, 0.2) is 0 Å². The molecule has 1 heterocycles. The van der Waals surface area contributed by atoms with E-state index in [1.807, 2.05) is 71.8 Å². The molecule has 0 aliphatic carbocycles. The molecule has 3 rings (SSSR count). The summed E-state index contributed by atoms with van der Waals surface area (Å²) >= 11 is 1.58. The number of aryl methyl sites for hydroxylation is 1. The Bertz CT molecular complexity index is 892. The first kappa shape index (κ1) is 20.1. The summed E-state index contributed by atoms with van der Waals surface area (Å²) in [6, 6.07) is 17.8. The number of para-hydroxylation sites is 1. The summed E-state index contributed by atoms with van der Waals surface area (Å²) in [5.41, 5.74) is 3.07. The van der Waals surface area contributed by atoms with Crippen molar-refractivity contribution < 1.29 is 9.53 Å². The van der Waals surface area contributed by atoms with E-state index in [1.54, 1.807) is 11.3 Å². The molecule has 0 spiro atoms. The van der Waals surface area contributed by atoms with Gasteiger partial charge in [-0.05, 0) is 30.5 Å². The molecule has 5 heteroatoms. The SMILES string of the molecule is CCCN(Cc1csc(COc2ccccc2C)n1)C(=O)Cc1ccccc1. The molecule has 0 fully saturated rings. The fraction of sp³-hybridized carbons (Fsp3) is 0.304. The van der Waals surface area contributed by atoms with E-state index in [4.69, 9.17) is 4.74 Å². The molecule has 0 N–H and O–H groups in total. The molecular formula is C23H26N2O2S. The van der Waals surface area contributed by atoms with Gasteiger partial charge in [0, 0.05) is 11.9 Å². The molecule has 0 atom stereocenters. The zero-order valence-corrected chi connectivity index (χ0v) is 17.2. The highest BCUT2D eigenvalue weighted by Gasteiger charge is 2.15. The second-order valence-corrected chi connectivity index (χ2v) is 7.71. The Morgan fingerprint density at radius 3 is 2.61 bits per heavy atom. The van der Waals surface area contributed by atoms with Crippen LogP contribution in [0.4, 0.5) is 0 Å². The number of hydrogen-bond donors (Lipinski definition) is 0. The van der Waals surface area contributed by atoms with E-state index in [-0.39, 0.29) is 5.91 Å². The maximum Gasteiger partial charge on any atom is 0.227 e. The van der Waals surface area contributed by atoms with Crippen molar-refractivity contribution in [1.29, 1.82) is 0 Å². The van der Waals surface area contributed by atoms with Crippen molar-refractivity contribution in [3.63, 3.8) is 0 Å². The minimum Gasteiger partial charge on any atom is -0.486 e. The van der Waals surface area contributed by atoms with Crippen LogP contribution in [0, 0.1) is 6.92 Å². The Kier molecular flexibility index (Phi) is 7.20. The minimum absolute atomic E-state index is 0.138. The number of hydrogen-bond acceptors (Lipinski definition) is 4. The lowest BCUT2D eigenvalue weighted by molar-refractivity contribution is -0.131. The molecular weight excluding hydrogens is 368 g/mol. The van der Waals surface area contributed by atoms with Crippen molar-refractivity contribution in [2.45, 2.75) is 39.8 Å². The van der Waals surface area contributed by atoms with Gasteiger partial charge in [-0.25, -0.2) is 4.98 Å². The van der Waals surface area contributed by atoms with Crippen LogP contribution in [0.25, 0.3) is 0 Å². The smallest absolute Gasteiger partial charge is 0.227 e. The third-order valence-electron chi connectivity index (χ3n) is 4.44. The Balaban J connectivity index is 1.59. The van der Waals surface area contributed by atoms with Crippen LogP contribution in [0.1, 0.15) is 35.2 Å². The number of aromatic nitrogens is 1. The Hall–Kier alpha value is -2.66. The van der Waals surface area contributed by atoms with Crippen molar-refractivity contribution in [3.05, 3.63) is 81.8 Å². The van der Waals surface area contributed by atoms with Gasteiger partial charge in [-0.1, -0.05) is 55.5 Å². The molecule has 1 amide bonds. The molecule has 0 aliphatic rings. The fourth-order valence-electron chi connectivity index (χ4n) is 2.99. The molecule has 0 saturated carbocycles. The first-order valence-electron chi connectivity index (χ1n) is 9.59. The number of carbonyl (C=O) groups is 1. The van der Waals surface area contributed by atoms with E-state index in [2.05, 4.69) is 11.9 Å².